The smallest absolute Gasteiger partial charge is 0.0670 e. The zero-order chi connectivity index (χ0) is 5.28. The molecule has 2 nitrogen and oxygen atoms in total. The number of hydrogen-bond acceptors (Lipinski definition) is 2. The molecule has 0 N–H and O–H groups in total. The highest BCUT2D eigenvalue weighted by Gasteiger charge is 2.37. The number of nitriles is 2. The summed E-state index contributed by atoms with van der Waals surface area (Å²) in [6, 6.07) is 4.03. The van der Waals surface area contributed by atoms with E-state index in [1.54, 1.807) is 0 Å². The van der Waals surface area contributed by atoms with E-state index in [-0.39, 0.29) is 11.8 Å². The molecule has 0 aromatic carbocycles. The zero-order valence-electron chi connectivity index (χ0n) is 3.76. The van der Waals surface area contributed by atoms with E-state index < -0.39 is 0 Å². The van der Waals surface area contributed by atoms with Gasteiger partial charge in [0.25, 0.3) is 0 Å². The van der Waals surface area contributed by atoms with Crippen LogP contribution in [0.3, 0.4) is 0 Å². The minimum Gasteiger partial charge on any atom is -0.198 e. The molecule has 1 aliphatic carbocycles. The topological polar surface area (TPSA) is 47.6 Å². The van der Waals surface area contributed by atoms with Gasteiger partial charge in [-0.2, -0.15) is 10.5 Å². The Balaban J connectivity index is 2.39. The van der Waals surface area contributed by atoms with Crippen LogP contribution in [0.5, 0.6) is 0 Å². The second-order valence-electron chi connectivity index (χ2n) is 1.71. The summed E-state index contributed by atoms with van der Waals surface area (Å²) in [5.41, 5.74) is 0. The highest BCUT2D eigenvalue weighted by atomic mass is 14.4. The van der Waals surface area contributed by atoms with Gasteiger partial charge in [0, 0.05) is 0 Å². The maximum atomic E-state index is 8.11. The molecule has 7 heavy (non-hydrogen) atoms. The Labute approximate surface area is 42.0 Å². The molecule has 2 heteroatoms. The molecule has 34 valence electrons. The van der Waals surface area contributed by atoms with Crippen LogP contribution in [0.2, 0.25) is 0 Å². The Bertz CT molecular complexity index is 130. The molecule has 0 amide bonds. The molecule has 1 fully saturated rings. The zero-order valence-corrected chi connectivity index (χ0v) is 3.76. The van der Waals surface area contributed by atoms with Gasteiger partial charge in [-0.05, 0) is 6.42 Å². The molecule has 1 rings (SSSR count). The molecule has 1 saturated carbocycles. The first-order valence-corrected chi connectivity index (χ1v) is 2.17. The normalized spacial score (nSPS) is 35.7. The lowest BCUT2D eigenvalue weighted by Crippen LogP contribution is -1.67. The molecular formula is C5H4N2. The fraction of sp³-hybridized carbons (Fsp3) is 0.600. The Hall–Kier alpha value is -1.02. The third-order valence-corrected chi connectivity index (χ3v) is 1.12. The van der Waals surface area contributed by atoms with Gasteiger partial charge >= 0.3 is 0 Å². The van der Waals surface area contributed by atoms with Crippen LogP contribution in [0.15, 0.2) is 0 Å². The summed E-state index contributed by atoms with van der Waals surface area (Å²) >= 11 is 0. The summed E-state index contributed by atoms with van der Waals surface area (Å²) < 4.78 is 0. The van der Waals surface area contributed by atoms with E-state index in [4.69, 9.17) is 10.5 Å². The number of rotatable bonds is 0. The highest BCUT2D eigenvalue weighted by Crippen LogP contribution is 2.36. The molecule has 0 bridgehead atoms. The molecule has 0 aromatic heterocycles. The van der Waals surface area contributed by atoms with Crippen LogP contribution in [0.4, 0.5) is 0 Å². The molecule has 0 spiro atoms. The largest absolute Gasteiger partial charge is 0.198 e. The first kappa shape index (κ1) is 4.15. The summed E-state index contributed by atoms with van der Waals surface area (Å²) in [6.07, 6.45) is 0.799. The van der Waals surface area contributed by atoms with Crippen molar-refractivity contribution in [2.45, 2.75) is 6.42 Å². The van der Waals surface area contributed by atoms with E-state index in [2.05, 4.69) is 0 Å². The Morgan fingerprint density at radius 3 is 1.71 bits per heavy atom. The van der Waals surface area contributed by atoms with Gasteiger partial charge in [0.15, 0.2) is 0 Å². The molecule has 0 aromatic rings. The molecule has 0 unspecified atom stereocenters. The third kappa shape index (κ3) is 0.548. The average molecular weight is 92.1 g/mol. The van der Waals surface area contributed by atoms with Crippen LogP contribution < -0.4 is 0 Å². The lowest BCUT2D eigenvalue weighted by atomic mass is 10.4. The van der Waals surface area contributed by atoms with E-state index in [1.165, 1.54) is 0 Å². The van der Waals surface area contributed by atoms with Crippen molar-refractivity contribution < 1.29 is 0 Å². The monoisotopic (exact) mass is 92.0 g/mol. The fourth-order valence-corrected chi connectivity index (χ4v) is 0.480. The summed E-state index contributed by atoms with van der Waals surface area (Å²) in [5.74, 6) is 0.120. The highest BCUT2D eigenvalue weighted by molar-refractivity contribution is 5.10. The van der Waals surface area contributed by atoms with E-state index in [0.29, 0.717) is 0 Å². The van der Waals surface area contributed by atoms with Crippen LogP contribution in [0.25, 0.3) is 0 Å². The molecule has 0 aliphatic heterocycles. The van der Waals surface area contributed by atoms with Gasteiger partial charge < -0.3 is 0 Å². The van der Waals surface area contributed by atoms with Crippen molar-refractivity contribution in [3.8, 4) is 12.1 Å². The third-order valence-electron chi connectivity index (χ3n) is 1.12. The fourth-order valence-electron chi connectivity index (χ4n) is 0.480. The Kier molecular flexibility index (Phi) is 0.734. The van der Waals surface area contributed by atoms with Gasteiger partial charge in [-0.3, -0.25) is 0 Å². The molecular weight excluding hydrogens is 88.1 g/mol. The standard InChI is InChI=1S/C5H4N2/c6-2-4-1-5(4)3-7/h4-5H,1H2/t4-,5-/m0/s1. The van der Waals surface area contributed by atoms with Crippen molar-refractivity contribution in [1.29, 1.82) is 10.5 Å². The van der Waals surface area contributed by atoms with Crippen molar-refractivity contribution in [2.24, 2.45) is 11.8 Å². The summed E-state index contributed by atoms with van der Waals surface area (Å²) in [6.45, 7) is 0. The van der Waals surface area contributed by atoms with E-state index in [9.17, 15) is 0 Å². The first-order valence-electron chi connectivity index (χ1n) is 2.17. The van der Waals surface area contributed by atoms with E-state index in [1.807, 2.05) is 12.1 Å². The number of hydrogen-bond donors (Lipinski definition) is 0. The first-order chi connectivity index (χ1) is 3.38. The van der Waals surface area contributed by atoms with Gasteiger partial charge in [0.1, 0.15) is 0 Å². The maximum absolute atomic E-state index is 8.11. The lowest BCUT2D eigenvalue weighted by Gasteiger charge is -1.62. The van der Waals surface area contributed by atoms with E-state index in [0.717, 1.165) is 6.42 Å². The molecule has 2 atom stereocenters. The summed E-state index contributed by atoms with van der Waals surface area (Å²) in [4.78, 5) is 0. The SMILES string of the molecule is N#C[C@@H]1C[C@H]1C#N. The molecule has 0 saturated heterocycles. The van der Waals surface area contributed by atoms with Crippen LogP contribution in [0.1, 0.15) is 6.42 Å². The van der Waals surface area contributed by atoms with Crippen LogP contribution in [-0.2, 0) is 0 Å². The summed E-state index contributed by atoms with van der Waals surface area (Å²) in [7, 11) is 0. The second kappa shape index (κ2) is 1.24. The van der Waals surface area contributed by atoms with Crippen LogP contribution in [-0.4, -0.2) is 0 Å². The quantitative estimate of drug-likeness (QED) is 0.441. The minimum absolute atomic E-state index is 0.0602. The summed E-state index contributed by atoms with van der Waals surface area (Å²) in [5, 5.41) is 16.2. The molecule has 1 aliphatic rings. The van der Waals surface area contributed by atoms with Gasteiger partial charge in [-0.15, -0.1) is 0 Å². The van der Waals surface area contributed by atoms with Crippen molar-refractivity contribution >= 4 is 0 Å². The second-order valence-corrected chi connectivity index (χ2v) is 1.71. The Morgan fingerprint density at radius 1 is 1.14 bits per heavy atom. The van der Waals surface area contributed by atoms with Crippen molar-refractivity contribution in [3.63, 3.8) is 0 Å². The predicted octanol–water partition coefficient (Wildman–Crippen LogP) is 0.670. The van der Waals surface area contributed by atoms with Gasteiger partial charge in [0.2, 0.25) is 0 Å². The predicted molar refractivity (Wildman–Crippen MR) is 22.8 cm³/mol. The van der Waals surface area contributed by atoms with Crippen LogP contribution in [0, 0.1) is 34.5 Å². The van der Waals surface area contributed by atoms with Gasteiger partial charge in [0.05, 0.1) is 24.0 Å². The Morgan fingerprint density at radius 2 is 1.57 bits per heavy atom. The maximum Gasteiger partial charge on any atom is 0.0670 e. The van der Waals surface area contributed by atoms with Crippen molar-refractivity contribution in [2.75, 3.05) is 0 Å². The molecule has 0 heterocycles. The van der Waals surface area contributed by atoms with Crippen LogP contribution >= 0.6 is 0 Å². The number of nitrogens with zero attached hydrogens (tertiary/aromatic N) is 2. The lowest BCUT2D eigenvalue weighted by molar-refractivity contribution is 1.02. The van der Waals surface area contributed by atoms with Gasteiger partial charge in [-0.1, -0.05) is 0 Å². The molecule has 0 radical (unpaired) electrons. The van der Waals surface area contributed by atoms with E-state index >= 15 is 0 Å². The van der Waals surface area contributed by atoms with Crippen molar-refractivity contribution in [3.05, 3.63) is 0 Å². The van der Waals surface area contributed by atoms with Crippen molar-refractivity contribution in [1.82, 2.24) is 0 Å². The van der Waals surface area contributed by atoms with Gasteiger partial charge in [-0.25, -0.2) is 0 Å². The average Bonchev–Trinajstić information content (AvgIpc) is 2.43. The minimum atomic E-state index is 0.0602.